The molecule has 25 heavy (non-hydrogen) atoms. The average Bonchev–Trinajstić information content (AvgIpc) is 2.47. The summed E-state index contributed by atoms with van der Waals surface area (Å²) in [7, 11) is 0. The summed E-state index contributed by atoms with van der Waals surface area (Å²) in [5.41, 5.74) is 3.97. The molecule has 1 aromatic carbocycles. The number of anilines is 1. The van der Waals surface area contributed by atoms with Gasteiger partial charge in [-0.05, 0) is 39.8 Å². The summed E-state index contributed by atoms with van der Waals surface area (Å²) in [5.74, 6) is -3.40. The van der Waals surface area contributed by atoms with Gasteiger partial charge in [0, 0.05) is 25.7 Å². The standard InChI is InChI=1S/C17H23F2N3O3/c1-10-9-21(7-8-22(10)16(24)25-17(2,3)4)12-6-5-11(15(20)23)13(18)14(12)19/h5-6,10H,7-9H2,1-4H3,(H2,20,23). The molecule has 0 saturated carbocycles. The number of carbonyl (C=O) groups excluding carboxylic acids is 2. The van der Waals surface area contributed by atoms with Crippen LogP contribution in [0.2, 0.25) is 0 Å². The summed E-state index contributed by atoms with van der Waals surface area (Å²) < 4.78 is 33.6. The Kier molecular flexibility index (Phi) is 5.20. The first-order valence-electron chi connectivity index (χ1n) is 8.03. The van der Waals surface area contributed by atoms with Crippen molar-refractivity contribution in [3.05, 3.63) is 29.3 Å². The number of hydrogen-bond donors (Lipinski definition) is 1. The molecule has 6 nitrogen and oxygen atoms in total. The Morgan fingerprint density at radius 2 is 1.84 bits per heavy atom. The molecule has 1 aliphatic rings. The lowest BCUT2D eigenvalue weighted by molar-refractivity contribution is 0.0158. The fourth-order valence-electron chi connectivity index (χ4n) is 2.74. The largest absolute Gasteiger partial charge is 0.444 e. The second kappa shape index (κ2) is 6.85. The topological polar surface area (TPSA) is 75.9 Å². The first-order chi connectivity index (χ1) is 11.5. The lowest BCUT2D eigenvalue weighted by Crippen LogP contribution is -2.55. The van der Waals surface area contributed by atoms with E-state index in [0.717, 1.165) is 0 Å². The molecule has 1 unspecified atom stereocenters. The summed E-state index contributed by atoms with van der Waals surface area (Å²) in [6, 6.07) is 2.25. The molecule has 1 saturated heterocycles. The number of halogens is 2. The minimum Gasteiger partial charge on any atom is -0.444 e. The predicted octanol–water partition coefficient (Wildman–Crippen LogP) is 2.51. The third-order valence-corrected chi connectivity index (χ3v) is 3.92. The van der Waals surface area contributed by atoms with Crippen LogP contribution in [0.3, 0.4) is 0 Å². The number of rotatable bonds is 2. The van der Waals surface area contributed by atoms with E-state index in [2.05, 4.69) is 0 Å². The first-order valence-corrected chi connectivity index (χ1v) is 8.03. The van der Waals surface area contributed by atoms with Crippen LogP contribution in [0.4, 0.5) is 19.3 Å². The Balaban J connectivity index is 2.15. The van der Waals surface area contributed by atoms with Crippen molar-refractivity contribution in [2.75, 3.05) is 24.5 Å². The highest BCUT2D eigenvalue weighted by Gasteiger charge is 2.32. The highest BCUT2D eigenvalue weighted by molar-refractivity contribution is 5.93. The number of benzene rings is 1. The van der Waals surface area contributed by atoms with Gasteiger partial charge in [-0.15, -0.1) is 0 Å². The van der Waals surface area contributed by atoms with Gasteiger partial charge in [0.1, 0.15) is 5.60 Å². The van der Waals surface area contributed by atoms with E-state index in [-0.39, 0.29) is 11.7 Å². The normalized spacial score (nSPS) is 18.2. The summed E-state index contributed by atoms with van der Waals surface area (Å²) in [6.07, 6.45) is -0.435. The quantitative estimate of drug-likeness (QED) is 0.884. The van der Waals surface area contributed by atoms with Crippen LogP contribution in [0.25, 0.3) is 0 Å². The van der Waals surface area contributed by atoms with Crippen molar-refractivity contribution in [1.82, 2.24) is 4.90 Å². The Labute approximate surface area is 145 Å². The molecule has 0 aromatic heterocycles. The molecular weight excluding hydrogens is 332 g/mol. The number of ether oxygens (including phenoxy) is 1. The second-order valence-electron chi connectivity index (χ2n) is 7.09. The highest BCUT2D eigenvalue weighted by atomic mass is 19.2. The fourth-order valence-corrected chi connectivity index (χ4v) is 2.74. The van der Waals surface area contributed by atoms with Crippen molar-refractivity contribution in [3.8, 4) is 0 Å². The van der Waals surface area contributed by atoms with E-state index in [9.17, 15) is 18.4 Å². The first kappa shape index (κ1) is 19.0. The molecule has 0 spiro atoms. The van der Waals surface area contributed by atoms with Gasteiger partial charge in [-0.3, -0.25) is 4.79 Å². The van der Waals surface area contributed by atoms with Crippen molar-refractivity contribution < 1.29 is 23.1 Å². The molecule has 1 atom stereocenters. The second-order valence-corrected chi connectivity index (χ2v) is 7.09. The molecule has 0 bridgehead atoms. The molecule has 1 aliphatic heterocycles. The maximum atomic E-state index is 14.3. The van der Waals surface area contributed by atoms with E-state index in [0.29, 0.717) is 19.6 Å². The average molecular weight is 355 g/mol. The van der Waals surface area contributed by atoms with Crippen LogP contribution in [0.1, 0.15) is 38.1 Å². The van der Waals surface area contributed by atoms with Crippen molar-refractivity contribution in [2.24, 2.45) is 5.73 Å². The van der Waals surface area contributed by atoms with Crippen LogP contribution in [-0.4, -0.2) is 48.2 Å². The molecule has 0 radical (unpaired) electrons. The summed E-state index contributed by atoms with van der Waals surface area (Å²) in [6.45, 7) is 8.09. The molecule has 138 valence electrons. The molecule has 0 aliphatic carbocycles. The molecule has 1 heterocycles. The molecule has 2 amide bonds. The molecular formula is C17H23F2N3O3. The minimum absolute atomic E-state index is 0.0400. The van der Waals surface area contributed by atoms with E-state index >= 15 is 0 Å². The highest BCUT2D eigenvalue weighted by Crippen LogP contribution is 2.27. The number of carbonyl (C=O) groups is 2. The molecule has 2 rings (SSSR count). The van der Waals surface area contributed by atoms with Crippen LogP contribution < -0.4 is 10.6 Å². The lowest BCUT2D eigenvalue weighted by atomic mass is 10.1. The smallest absolute Gasteiger partial charge is 0.410 e. The van der Waals surface area contributed by atoms with Gasteiger partial charge in [0.2, 0.25) is 0 Å². The van der Waals surface area contributed by atoms with Crippen LogP contribution >= 0.6 is 0 Å². The number of piperazine rings is 1. The Morgan fingerprint density at radius 3 is 2.36 bits per heavy atom. The van der Waals surface area contributed by atoms with Crippen LogP contribution in [-0.2, 0) is 4.74 Å². The van der Waals surface area contributed by atoms with Gasteiger partial charge >= 0.3 is 6.09 Å². The SMILES string of the molecule is CC1CN(c2ccc(C(N)=O)c(F)c2F)CCN1C(=O)OC(C)(C)C. The van der Waals surface area contributed by atoms with Crippen LogP contribution in [0.5, 0.6) is 0 Å². The number of nitrogens with two attached hydrogens (primary N) is 1. The van der Waals surface area contributed by atoms with Crippen molar-refractivity contribution in [1.29, 1.82) is 0 Å². The van der Waals surface area contributed by atoms with Crippen molar-refractivity contribution in [2.45, 2.75) is 39.3 Å². The molecule has 8 heteroatoms. The number of primary amides is 1. The maximum absolute atomic E-state index is 14.3. The zero-order valence-electron chi connectivity index (χ0n) is 14.8. The van der Waals surface area contributed by atoms with Gasteiger partial charge in [0.25, 0.3) is 5.91 Å². The lowest BCUT2D eigenvalue weighted by Gasteiger charge is -2.41. The third-order valence-electron chi connectivity index (χ3n) is 3.92. The molecule has 1 aromatic rings. The van der Waals surface area contributed by atoms with Gasteiger partial charge in [-0.1, -0.05) is 0 Å². The van der Waals surface area contributed by atoms with E-state index in [1.807, 2.05) is 6.92 Å². The van der Waals surface area contributed by atoms with E-state index in [1.54, 1.807) is 30.6 Å². The molecule has 2 N–H and O–H groups in total. The van der Waals surface area contributed by atoms with Crippen molar-refractivity contribution in [3.63, 3.8) is 0 Å². The predicted molar refractivity (Wildman–Crippen MR) is 89.5 cm³/mol. The van der Waals surface area contributed by atoms with Gasteiger partial charge < -0.3 is 20.3 Å². The number of hydrogen-bond acceptors (Lipinski definition) is 4. The Morgan fingerprint density at radius 1 is 1.20 bits per heavy atom. The zero-order valence-corrected chi connectivity index (χ0v) is 14.8. The van der Waals surface area contributed by atoms with Gasteiger partial charge in [0.05, 0.1) is 11.3 Å². The van der Waals surface area contributed by atoms with Gasteiger partial charge in [-0.2, -0.15) is 0 Å². The summed E-state index contributed by atoms with van der Waals surface area (Å²) in [5, 5.41) is 0. The van der Waals surface area contributed by atoms with Crippen molar-refractivity contribution >= 4 is 17.7 Å². The monoisotopic (exact) mass is 355 g/mol. The number of amides is 2. The van der Waals surface area contributed by atoms with E-state index in [4.69, 9.17) is 10.5 Å². The minimum atomic E-state index is -1.26. The fraction of sp³-hybridized carbons (Fsp3) is 0.529. The summed E-state index contributed by atoms with van der Waals surface area (Å²) >= 11 is 0. The van der Waals surface area contributed by atoms with E-state index < -0.39 is 34.8 Å². The number of nitrogens with zero attached hydrogens (tertiary/aromatic N) is 2. The third kappa shape index (κ3) is 4.18. The molecule has 1 fully saturated rings. The summed E-state index contributed by atoms with van der Waals surface area (Å²) in [4.78, 5) is 26.5. The Hall–Kier alpha value is -2.38. The zero-order chi connectivity index (χ0) is 18.9. The van der Waals surface area contributed by atoms with Gasteiger partial charge in [0.15, 0.2) is 11.6 Å². The Bertz CT molecular complexity index is 688. The van der Waals surface area contributed by atoms with Crippen LogP contribution in [0.15, 0.2) is 12.1 Å². The van der Waals surface area contributed by atoms with Crippen LogP contribution in [0, 0.1) is 11.6 Å². The van der Waals surface area contributed by atoms with E-state index in [1.165, 1.54) is 12.1 Å². The maximum Gasteiger partial charge on any atom is 0.410 e. The van der Waals surface area contributed by atoms with Gasteiger partial charge in [-0.25, -0.2) is 13.6 Å².